The zero-order chi connectivity index (χ0) is 21.7. The normalized spacial score (nSPS) is 31.6. The molecule has 31 heavy (non-hydrogen) atoms. The fraction of sp³-hybridized carbons (Fsp3) is 0.615. The van der Waals surface area contributed by atoms with Crippen molar-refractivity contribution in [2.45, 2.75) is 81.9 Å². The lowest BCUT2D eigenvalue weighted by Gasteiger charge is -2.37. The van der Waals surface area contributed by atoms with Crippen LogP contribution in [0.3, 0.4) is 0 Å². The first-order chi connectivity index (χ1) is 15.2. The third kappa shape index (κ3) is 4.53. The lowest BCUT2D eigenvalue weighted by atomic mass is 9.74. The predicted octanol–water partition coefficient (Wildman–Crippen LogP) is 5.16. The Balaban J connectivity index is 1.60. The van der Waals surface area contributed by atoms with E-state index < -0.39 is 17.5 Å². The predicted molar refractivity (Wildman–Crippen MR) is 119 cm³/mol. The van der Waals surface area contributed by atoms with Crippen molar-refractivity contribution < 1.29 is 23.7 Å². The number of hydrogen-bond donors (Lipinski definition) is 0. The fourth-order valence-electron chi connectivity index (χ4n) is 5.54. The van der Waals surface area contributed by atoms with Gasteiger partial charge in [-0.05, 0) is 31.2 Å². The molecule has 1 saturated carbocycles. The van der Waals surface area contributed by atoms with E-state index in [1.807, 2.05) is 30.4 Å². The molecule has 1 aromatic rings. The molecule has 2 heterocycles. The van der Waals surface area contributed by atoms with Crippen LogP contribution in [0.1, 0.15) is 50.5 Å². The zero-order valence-electron chi connectivity index (χ0n) is 18.7. The molecule has 0 bridgehead atoms. The van der Waals surface area contributed by atoms with E-state index in [4.69, 9.17) is 23.7 Å². The number of hydrogen-bond acceptors (Lipinski definition) is 5. The summed E-state index contributed by atoms with van der Waals surface area (Å²) in [6, 6.07) is 10.2. The molecule has 2 saturated heterocycles. The zero-order valence-corrected chi connectivity index (χ0v) is 18.7. The van der Waals surface area contributed by atoms with E-state index in [9.17, 15) is 0 Å². The molecular formula is C26H36O5. The maximum Gasteiger partial charge on any atom is 0.169 e. The first kappa shape index (κ1) is 22.7. The number of benzene rings is 1. The molecule has 5 nitrogen and oxygen atoms in total. The van der Waals surface area contributed by atoms with Crippen molar-refractivity contribution in [3.63, 3.8) is 0 Å². The van der Waals surface area contributed by atoms with Gasteiger partial charge in [-0.25, -0.2) is 0 Å². The molecule has 1 spiro atoms. The number of allylic oxidation sites excluding steroid dienone is 2. The van der Waals surface area contributed by atoms with Crippen molar-refractivity contribution in [1.29, 1.82) is 0 Å². The highest BCUT2D eigenvalue weighted by atomic mass is 16.8. The molecule has 0 radical (unpaired) electrons. The smallest absolute Gasteiger partial charge is 0.169 e. The third-order valence-electron chi connectivity index (χ3n) is 7.01. The van der Waals surface area contributed by atoms with Gasteiger partial charge in [0.05, 0.1) is 24.7 Å². The Bertz CT molecular complexity index is 717. The molecule has 2 aliphatic heterocycles. The summed E-state index contributed by atoms with van der Waals surface area (Å²) in [6.45, 7) is 9.03. The van der Waals surface area contributed by atoms with E-state index in [1.165, 1.54) is 6.42 Å². The molecule has 0 amide bonds. The lowest BCUT2D eigenvalue weighted by molar-refractivity contribution is -0.212. The topological polar surface area (TPSA) is 46.2 Å². The standard InChI is InChI=1S/C26H36O5/c1-4-14-25(15-5-2)23(28-18-20-12-8-6-9-13-20)22(30-24(25)27-3)21-19-29-26(31-21)16-10-7-11-17-26/h4-6,8-9,12-13,21-24H,1-2,7,10-11,14-19H2,3H3/t21-,22-,23+,24-/m1/s1. The van der Waals surface area contributed by atoms with Crippen LogP contribution in [0.25, 0.3) is 0 Å². The van der Waals surface area contributed by atoms with Crippen molar-refractivity contribution in [2.75, 3.05) is 13.7 Å². The van der Waals surface area contributed by atoms with Crippen LogP contribution in [0.5, 0.6) is 0 Å². The number of rotatable bonds is 9. The van der Waals surface area contributed by atoms with Crippen LogP contribution < -0.4 is 0 Å². The molecule has 4 atom stereocenters. The minimum absolute atomic E-state index is 0.187. The lowest BCUT2D eigenvalue weighted by Crippen LogP contribution is -2.47. The Hall–Kier alpha value is -1.50. The summed E-state index contributed by atoms with van der Waals surface area (Å²) in [4.78, 5) is 0. The average molecular weight is 429 g/mol. The second-order valence-electron chi connectivity index (χ2n) is 9.04. The molecule has 1 aromatic carbocycles. The Labute approximate surface area is 186 Å². The largest absolute Gasteiger partial charge is 0.370 e. The summed E-state index contributed by atoms with van der Waals surface area (Å²) in [6.07, 6.45) is 9.54. The quantitative estimate of drug-likeness (QED) is 0.509. The molecule has 0 unspecified atom stereocenters. The van der Waals surface area contributed by atoms with Gasteiger partial charge in [0.25, 0.3) is 0 Å². The van der Waals surface area contributed by atoms with Crippen molar-refractivity contribution in [3.05, 3.63) is 61.2 Å². The van der Waals surface area contributed by atoms with Crippen LogP contribution in [0.15, 0.2) is 55.6 Å². The SMILES string of the molecule is C=CCC1(CC=C)[C@H](OC)O[C@H]([C@H]2COC3(CCCCC3)O2)[C@@H]1OCc1ccccc1. The van der Waals surface area contributed by atoms with Crippen molar-refractivity contribution in [3.8, 4) is 0 Å². The highest BCUT2D eigenvalue weighted by Crippen LogP contribution is 2.50. The third-order valence-corrected chi connectivity index (χ3v) is 7.01. The Morgan fingerprint density at radius 1 is 1.06 bits per heavy atom. The van der Waals surface area contributed by atoms with Crippen LogP contribution in [0.2, 0.25) is 0 Å². The molecule has 0 aromatic heterocycles. The second-order valence-corrected chi connectivity index (χ2v) is 9.04. The molecule has 4 rings (SSSR count). The summed E-state index contributed by atoms with van der Waals surface area (Å²) in [5.41, 5.74) is 0.712. The maximum absolute atomic E-state index is 6.61. The van der Waals surface area contributed by atoms with Gasteiger partial charge in [0, 0.05) is 20.0 Å². The van der Waals surface area contributed by atoms with Crippen LogP contribution in [-0.2, 0) is 30.3 Å². The van der Waals surface area contributed by atoms with Gasteiger partial charge in [0.2, 0.25) is 0 Å². The van der Waals surface area contributed by atoms with Gasteiger partial charge in [0.1, 0.15) is 12.2 Å². The van der Waals surface area contributed by atoms with Gasteiger partial charge in [-0.15, -0.1) is 13.2 Å². The van der Waals surface area contributed by atoms with Gasteiger partial charge in [-0.2, -0.15) is 0 Å². The molecule has 3 fully saturated rings. The summed E-state index contributed by atoms with van der Waals surface area (Å²) < 4.78 is 31.8. The first-order valence-corrected chi connectivity index (χ1v) is 11.5. The van der Waals surface area contributed by atoms with Gasteiger partial charge in [0.15, 0.2) is 12.1 Å². The fourth-order valence-corrected chi connectivity index (χ4v) is 5.54. The monoisotopic (exact) mass is 428 g/mol. The summed E-state index contributed by atoms with van der Waals surface area (Å²) in [7, 11) is 1.69. The van der Waals surface area contributed by atoms with Crippen molar-refractivity contribution in [1.82, 2.24) is 0 Å². The summed E-state index contributed by atoms with van der Waals surface area (Å²) in [5.74, 6) is -0.457. The molecule has 1 aliphatic carbocycles. The molecule has 170 valence electrons. The van der Waals surface area contributed by atoms with Gasteiger partial charge >= 0.3 is 0 Å². The summed E-state index contributed by atoms with van der Waals surface area (Å²) >= 11 is 0. The minimum Gasteiger partial charge on any atom is -0.370 e. The second kappa shape index (κ2) is 9.97. The van der Waals surface area contributed by atoms with Crippen LogP contribution in [0.4, 0.5) is 0 Å². The molecule has 0 N–H and O–H groups in total. The van der Waals surface area contributed by atoms with Crippen LogP contribution >= 0.6 is 0 Å². The van der Waals surface area contributed by atoms with E-state index in [2.05, 4.69) is 25.3 Å². The van der Waals surface area contributed by atoms with E-state index in [0.717, 1.165) is 31.2 Å². The van der Waals surface area contributed by atoms with E-state index >= 15 is 0 Å². The molecular weight excluding hydrogens is 392 g/mol. The number of methoxy groups -OCH3 is 1. The molecule has 3 aliphatic rings. The number of ether oxygens (including phenoxy) is 5. The molecule has 5 heteroatoms. The first-order valence-electron chi connectivity index (χ1n) is 11.5. The maximum atomic E-state index is 6.61. The Morgan fingerprint density at radius 3 is 2.42 bits per heavy atom. The minimum atomic E-state index is -0.457. The van der Waals surface area contributed by atoms with Gasteiger partial charge < -0.3 is 23.7 Å². The average Bonchev–Trinajstić information content (AvgIpc) is 3.33. The highest BCUT2D eigenvalue weighted by molar-refractivity contribution is 5.14. The van der Waals surface area contributed by atoms with Gasteiger partial charge in [-0.3, -0.25) is 0 Å². The summed E-state index contributed by atoms with van der Waals surface area (Å²) in [5, 5.41) is 0. The van der Waals surface area contributed by atoms with Crippen LogP contribution in [-0.4, -0.2) is 44.1 Å². The van der Waals surface area contributed by atoms with Crippen LogP contribution in [0, 0.1) is 5.41 Å². The van der Waals surface area contributed by atoms with Gasteiger partial charge in [-0.1, -0.05) is 48.9 Å². The van der Waals surface area contributed by atoms with Crippen molar-refractivity contribution in [2.24, 2.45) is 5.41 Å². The Kier molecular flexibility index (Phi) is 7.29. The van der Waals surface area contributed by atoms with E-state index in [0.29, 0.717) is 26.1 Å². The highest BCUT2D eigenvalue weighted by Gasteiger charge is 2.60. The van der Waals surface area contributed by atoms with Crippen molar-refractivity contribution >= 4 is 0 Å². The van der Waals surface area contributed by atoms with E-state index in [-0.39, 0.29) is 18.3 Å². The van der Waals surface area contributed by atoms with E-state index in [1.54, 1.807) is 7.11 Å². The Morgan fingerprint density at radius 2 is 1.77 bits per heavy atom.